The lowest BCUT2D eigenvalue weighted by Gasteiger charge is -2.16. The monoisotopic (exact) mass is 328 g/mol. The maximum atomic E-state index is 12.1. The van der Waals surface area contributed by atoms with Crippen LogP contribution in [0.3, 0.4) is 0 Å². The van der Waals surface area contributed by atoms with Crippen molar-refractivity contribution in [2.45, 2.75) is 19.4 Å². The van der Waals surface area contributed by atoms with Crippen LogP contribution in [-0.4, -0.2) is 23.5 Å². The van der Waals surface area contributed by atoms with Crippen molar-refractivity contribution in [2.24, 2.45) is 0 Å². The van der Waals surface area contributed by atoms with Gasteiger partial charge in [0.2, 0.25) is 0 Å². The number of carboxylic acid groups (broad SMARTS) is 1. The minimum atomic E-state index is -4.88. The van der Waals surface area contributed by atoms with Crippen LogP contribution >= 0.6 is 15.9 Å². The first kappa shape index (κ1) is 14.6. The van der Waals surface area contributed by atoms with Crippen molar-refractivity contribution in [2.75, 3.05) is 0 Å². The summed E-state index contributed by atoms with van der Waals surface area (Å²) in [6.07, 6.45) is -6.17. The second-order valence-corrected chi connectivity index (χ2v) is 4.15. The summed E-state index contributed by atoms with van der Waals surface area (Å²) < 4.78 is 45.4. The second-order valence-electron chi connectivity index (χ2n) is 3.24. The number of benzene rings is 1. The molecule has 0 aliphatic carbocycles. The summed E-state index contributed by atoms with van der Waals surface area (Å²) in [5, 5.41) is 8.62. The number of hydrogen-bond acceptors (Lipinski definition) is 3. The molecule has 0 spiro atoms. The Hall–Kier alpha value is -1.44. The van der Waals surface area contributed by atoms with Gasteiger partial charge in [0.15, 0.2) is 17.6 Å². The van der Waals surface area contributed by atoms with E-state index < -0.39 is 24.2 Å². The molecule has 4 nitrogen and oxygen atoms in total. The molecule has 0 saturated carbocycles. The lowest BCUT2D eigenvalue weighted by atomic mass is 10.3. The molecule has 1 atom stereocenters. The van der Waals surface area contributed by atoms with E-state index in [-0.39, 0.29) is 5.75 Å². The number of halogens is 4. The minimum Gasteiger partial charge on any atom is -0.479 e. The maximum Gasteiger partial charge on any atom is 0.573 e. The van der Waals surface area contributed by atoms with E-state index in [1.807, 2.05) is 0 Å². The molecule has 8 heteroatoms. The third-order valence-electron chi connectivity index (χ3n) is 1.78. The zero-order valence-electron chi connectivity index (χ0n) is 8.99. The lowest BCUT2D eigenvalue weighted by molar-refractivity contribution is -0.275. The van der Waals surface area contributed by atoms with Crippen LogP contribution in [0.2, 0.25) is 0 Å². The van der Waals surface area contributed by atoms with Crippen LogP contribution in [-0.2, 0) is 4.79 Å². The molecule has 0 aromatic heterocycles. The summed E-state index contributed by atoms with van der Waals surface area (Å²) in [4.78, 5) is 10.6. The van der Waals surface area contributed by atoms with Crippen molar-refractivity contribution in [1.29, 1.82) is 0 Å². The van der Waals surface area contributed by atoms with Gasteiger partial charge in [-0.3, -0.25) is 0 Å². The Bertz CT molecular complexity index is 447. The summed E-state index contributed by atoms with van der Waals surface area (Å²) in [6.45, 7) is 1.20. The molecule has 100 valence electrons. The molecule has 18 heavy (non-hydrogen) atoms. The zero-order chi connectivity index (χ0) is 13.9. The Morgan fingerprint density at radius 1 is 1.39 bits per heavy atom. The summed E-state index contributed by atoms with van der Waals surface area (Å²) in [5.74, 6) is -2.20. The Labute approximate surface area is 108 Å². The van der Waals surface area contributed by atoms with Crippen molar-refractivity contribution >= 4 is 21.9 Å². The molecule has 0 aliphatic heterocycles. The van der Waals surface area contributed by atoms with E-state index in [0.717, 1.165) is 6.07 Å². The average Bonchev–Trinajstić information content (AvgIpc) is 2.19. The van der Waals surface area contributed by atoms with Gasteiger partial charge in [0.25, 0.3) is 0 Å². The number of hydrogen-bond donors (Lipinski definition) is 1. The SMILES string of the molecule is C[C@H](Oc1ccc(Br)cc1OC(F)(F)F)C(=O)O. The van der Waals surface area contributed by atoms with Gasteiger partial charge < -0.3 is 14.6 Å². The van der Waals surface area contributed by atoms with Gasteiger partial charge in [-0.15, -0.1) is 13.2 Å². The largest absolute Gasteiger partial charge is 0.573 e. The number of alkyl halides is 3. The third kappa shape index (κ3) is 4.44. The number of ether oxygens (including phenoxy) is 2. The Balaban J connectivity index is 3.00. The van der Waals surface area contributed by atoms with Gasteiger partial charge in [-0.25, -0.2) is 4.79 Å². The highest BCUT2D eigenvalue weighted by Crippen LogP contribution is 2.35. The predicted molar refractivity (Wildman–Crippen MR) is 58.6 cm³/mol. The first-order valence-corrected chi connectivity index (χ1v) is 5.43. The van der Waals surface area contributed by atoms with Crippen LogP contribution in [0.1, 0.15) is 6.92 Å². The molecule has 0 bridgehead atoms. The van der Waals surface area contributed by atoms with E-state index in [2.05, 4.69) is 20.7 Å². The van der Waals surface area contributed by atoms with Gasteiger partial charge in [0, 0.05) is 4.47 Å². The fourth-order valence-corrected chi connectivity index (χ4v) is 1.36. The Morgan fingerprint density at radius 3 is 2.50 bits per heavy atom. The Morgan fingerprint density at radius 2 is 2.00 bits per heavy atom. The highest BCUT2D eigenvalue weighted by molar-refractivity contribution is 9.10. The molecule has 1 aromatic carbocycles. The van der Waals surface area contributed by atoms with Crippen LogP contribution in [0, 0.1) is 0 Å². The molecule has 0 radical (unpaired) electrons. The first-order valence-electron chi connectivity index (χ1n) is 4.64. The van der Waals surface area contributed by atoms with Gasteiger partial charge in [-0.05, 0) is 25.1 Å². The van der Waals surface area contributed by atoms with Crippen molar-refractivity contribution in [3.63, 3.8) is 0 Å². The lowest BCUT2D eigenvalue weighted by Crippen LogP contribution is -2.24. The van der Waals surface area contributed by atoms with Crippen LogP contribution in [0.5, 0.6) is 11.5 Å². The van der Waals surface area contributed by atoms with Crippen LogP contribution in [0.4, 0.5) is 13.2 Å². The van der Waals surface area contributed by atoms with Gasteiger partial charge >= 0.3 is 12.3 Å². The number of carbonyl (C=O) groups is 1. The van der Waals surface area contributed by atoms with Crippen molar-refractivity contribution in [3.05, 3.63) is 22.7 Å². The fraction of sp³-hybridized carbons (Fsp3) is 0.300. The maximum absolute atomic E-state index is 12.1. The molecule has 0 fully saturated rings. The van der Waals surface area contributed by atoms with Gasteiger partial charge in [0.05, 0.1) is 0 Å². The Kier molecular flexibility index (Phi) is 4.44. The quantitative estimate of drug-likeness (QED) is 0.922. The van der Waals surface area contributed by atoms with E-state index in [1.165, 1.54) is 19.1 Å². The number of rotatable bonds is 4. The normalized spacial score (nSPS) is 12.9. The molecule has 1 aromatic rings. The van der Waals surface area contributed by atoms with Gasteiger partial charge in [0.1, 0.15) is 0 Å². The van der Waals surface area contributed by atoms with E-state index >= 15 is 0 Å². The molecule has 0 heterocycles. The standard InChI is InChI=1S/C10H8BrF3O4/c1-5(9(15)16)17-7-3-2-6(11)4-8(7)18-10(12,13)14/h2-5H,1H3,(H,15,16)/t5-/m0/s1. The molecule has 0 unspecified atom stereocenters. The van der Waals surface area contributed by atoms with Gasteiger partial charge in [-0.2, -0.15) is 0 Å². The van der Waals surface area contributed by atoms with E-state index in [4.69, 9.17) is 9.84 Å². The average molecular weight is 329 g/mol. The summed E-state index contributed by atoms with van der Waals surface area (Å²) in [6, 6.07) is 3.63. The smallest absolute Gasteiger partial charge is 0.479 e. The predicted octanol–water partition coefficient (Wildman–Crippen LogP) is 3.20. The molecule has 0 aliphatic rings. The van der Waals surface area contributed by atoms with Crippen LogP contribution < -0.4 is 9.47 Å². The van der Waals surface area contributed by atoms with Crippen molar-refractivity contribution in [1.82, 2.24) is 0 Å². The van der Waals surface area contributed by atoms with Gasteiger partial charge in [-0.1, -0.05) is 15.9 Å². The van der Waals surface area contributed by atoms with Crippen LogP contribution in [0.25, 0.3) is 0 Å². The highest BCUT2D eigenvalue weighted by atomic mass is 79.9. The van der Waals surface area contributed by atoms with E-state index in [0.29, 0.717) is 4.47 Å². The first-order chi connectivity index (χ1) is 8.19. The number of aliphatic carboxylic acids is 1. The highest BCUT2D eigenvalue weighted by Gasteiger charge is 2.33. The summed E-state index contributed by atoms with van der Waals surface area (Å²) in [5.41, 5.74) is 0. The van der Waals surface area contributed by atoms with Crippen LogP contribution in [0.15, 0.2) is 22.7 Å². The minimum absolute atomic E-state index is 0.301. The van der Waals surface area contributed by atoms with E-state index in [9.17, 15) is 18.0 Å². The fourth-order valence-electron chi connectivity index (χ4n) is 1.02. The zero-order valence-corrected chi connectivity index (χ0v) is 10.6. The molecule has 1 rings (SSSR count). The third-order valence-corrected chi connectivity index (χ3v) is 2.28. The number of carboxylic acids is 1. The molecular formula is C10H8BrF3O4. The molecular weight excluding hydrogens is 321 g/mol. The molecule has 0 amide bonds. The molecule has 0 saturated heterocycles. The summed E-state index contributed by atoms with van der Waals surface area (Å²) in [7, 11) is 0. The second kappa shape index (κ2) is 5.47. The van der Waals surface area contributed by atoms with Crippen molar-refractivity contribution < 1.29 is 32.5 Å². The topological polar surface area (TPSA) is 55.8 Å². The van der Waals surface area contributed by atoms with Crippen molar-refractivity contribution in [3.8, 4) is 11.5 Å². The van der Waals surface area contributed by atoms with E-state index in [1.54, 1.807) is 0 Å². The summed E-state index contributed by atoms with van der Waals surface area (Å²) >= 11 is 2.98. The molecule has 1 N–H and O–H groups in total.